The highest BCUT2D eigenvalue weighted by Gasteiger charge is 2.33. The van der Waals surface area contributed by atoms with Gasteiger partial charge in [-0.05, 0) is 31.6 Å². The topological polar surface area (TPSA) is 9.23 Å². The summed E-state index contributed by atoms with van der Waals surface area (Å²) in [5.41, 5.74) is 0.227. The first-order chi connectivity index (χ1) is 6.26. The molecule has 1 saturated carbocycles. The Morgan fingerprint density at radius 1 is 1.38 bits per heavy atom. The fourth-order valence-corrected chi connectivity index (χ4v) is 3.37. The smallest absolute Gasteiger partial charge is 0.0768 e. The van der Waals surface area contributed by atoms with E-state index in [9.17, 15) is 0 Å². The minimum atomic E-state index is 0.227. The Hall–Kier alpha value is 0.690. The van der Waals surface area contributed by atoms with Gasteiger partial charge < -0.3 is 4.74 Å². The molecule has 0 aromatic heterocycles. The second-order valence-electron chi connectivity index (χ2n) is 4.25. The van der Waals surface area contributed by atoms with Crippen molar-refractivity contribution in [1.29, 1.82) is 0 Å². The quantitative estimate of drug-likeness (QED) is 0.566. The van der Waals surface area contributed by atoms with Crippen LogP contribution < -0.4 is 0 Å². The molecule has 0 aromatic rings. The molecule has 0 amide bonds. The van der Waals surface area contributed by atoms with Gasteiger partial charge in [0, 0.05) is 11.5 Å². The molecular weight excluding hydrogens is 275 g/mol. The summed E-state index contributed by atoms with van der Waals surface area (Å²) in [6.07, 6.45) is 8.07. The maximum Gasteiger partial charge on any atom is 0.0768 e. The molecule has 1 aliphatic rings. The van der Waals surface area contributed by atoms with Crippen LogP contribution >= 0.6 is 22.6 Å². The third-order valence-corrected chi connectivity index (χ3v) is 4.78. The van der Waals surface area contributed by atoms with Gasteiger partial charge in [-0.2, -0.15) is 0 Å². The van der Waals surface area contributed by atoms with E-state index in [-0.39, 0.29) is 5.60 Å². The largest absolute Gasteiger partial charge is 0.377 e. The number of hydrogen-bond acceptors (Lipinski definition) is 1. The van der Waals surface area contributed by atoms with Crippen molar-refractivity contribution in [3.63, 3.8) is 0 Å². The van der Waals surface area contributed by atoms with Crippen molar-refractivity contribution >= 4 is 22.6 Å². The van der Waals surface area contributed by atoms with E-state index in [1.54, 1.807) is 0 Å². The van der Waals surface area contributed by atoms with Crippen LogP contribution in [0.2, 0.25) is 0 Å². The van der Waals surface area contributed by atoms with E-state index in [1.165, 1.54) is 38.5 Å². The van der Waals surface area contributed by atoms with Gasteiger partial charge in [0.15, 0.2) is 0 Å². The lowest BCUT2D eigenvalue weighted by Gasteiger charge is -2.37. The van der Waals surface area contributed by atoms with Crippen LogP contribution in [0.4, 0.5) is 0 Å². The molecule has 0 bridgehead atoms. The molecule has 1 nitrogen and oxygen atoms in total. The second-order valence-corrected chi connectivity index (χ2v) is 5.02. The van der Waals surface area contributed by atoms with Gasteiger partial charge in [-0.15, -0.1) is 0 Å². The minimum Gasteiger partial charge on any atom is -0.377 e. The molecule has 0 spiro atoms. The zero-order valence-electron chi connectivity index (χ0n) is 8.81. The molecule has 78 valence electrons. The summed E-state index contributed by atoms with van der Waals surface area (Å²) in [6, 6.07) is 0. The van der Waals surface area contributed by atoms with Gasteiger partial charge in [0.25, 0.3) is 0 Å². The van der Waals surface area contributed by atoms with Gasteiger partial charge in [0.1, 0.15) is 0 Å². The van der Waals surface area contributed by atoms with Crippen molar-refractivity contribution in [2.24, 2.45) is 5.92 Å². The number of hydrogen-bond donors (Lipinski definition) is 0. The molecule has 0 atom stereocenters. The number of halogens is 1. The summed E-state index contributed by atoms with van der Waals surface area (Å²) in [4.78, 5) is 0. The molecular formula is C11H21IO. The fraction of sp³-hybridized carbons (Fsp3) is 1.00. The third kappa shape index (κ3) is 3.08. The molecule has 0 radical (unpaired) electrons. The van der Waals surface area contributed by atoms with Gasteiger partial charge in [-0.3, -0.25) is 0 Å². The first-order valence-electron chi connectivity index (χ1n) is 5.37. The minimum absolute atomic E-state index is 0.227. The molecule has 0 heterocycles. The average molecular weight is 296 g/mol. The molecule has 1 fully saturated rings. The van der Waals surface area contributed by atoms with E-state index in [0.717, 1.165) is 10.3 Å². The van der Waals surface area contributed by atoms with Crippen molar-refractivity contribution in [2.45, 2.75) is 51.0 Å². The monoisotopic (exact) mass is 296 g/mol. The van der Waals surface area contributed by atoms with Crippen LogP contribution in [-0.4, -0.2) is 17.1 Å². The van der Waals surface area contributed by atoms with Gasteiger partial charge in [-0.25, -0.2) is 0 Å². The Kier molecular flexibility index (Phi) is 5.01. The van der Waals surface area contributed by atoms with Crippen LogP contribution in [0.1, 0.15) is 45.4 Å². The molecule has 0 saturated heterocycles. The predicted octanol–water partition coefficient (Wildman–Crippen LogP) is 3.80. The molecule has 13 heavy (non-hydrogen) atoms. The van der Waals surface area contributed by atoms with Crippen LogP contribution in [0.3, 0.4) is 0 Å². The molecule has 0 unspecified atom stereocenters. The van der Waals surface area contributed by atoms with Crippen molar-refractivity contribution in [3.05, 3.63) is 0 Å². The third-order valence-electron chi connectivity index (χ3n) is 3.39. The van der Waals surface area contributed by atoms with Gasteiger partial charge >= 0.3 is 0 Å². The lowest BCUT2D eigenvalue weighted by Crippen LogP contribution is -2.37. The Labute approximate surface area is 95.8 Å². The van der Waals surface area contributed by atoms with Crippen LogP contribution in [-0.2, 0) is 4.74 Å². The first-order valence-corrected chi connectivity index (χ1v) is 6.90. The number of ether oxygens (including phenoxy) is 1. The van der Waals surface area contributed by atoms with Crippen molar-refractivity contribution in [2.75, 3.05) is 11.5 Å². The maximum absolute atomic E-state index is 5.65. The van der Waals surface area contributed by atoms with Crippen molar-refractivity contribution < 1.29 is 4.74 Å². The van der Waals surface area contributed by atoms with Crippen molar-refractivity contribution in [1.82, 2.24) is 0 Å². The summed E-state index contributed by atoms with van der Waals surface area (Å²) >= 11 is 2.46. The van der Waals surface area contributed by atoms with E-state index in [2.05, 4.69) is 29.5 Å². The number of alkyl halides is 1. The lowest BCUT2D eigenvalue weighted by atomic mass is 9.78. The fourth-order valence-electron chi connectivity index (χ4n) is 2.29. The van der Waals surface area contributed by atoms with Crippen LogP contribution in [0.15, 0.2) is 0 Å². The highest BCUT2D eigenvalue weighted by Crippen LogP contribution is 2.37. The van der Waals surface area contributed by atoms with Crippen molar-refractivity contribution in [3.8, 4) is 0 Å². The van der Waals surface area contributed by atoms with Crippen LogP contribution in [0.5, 0.6) is 0 Å². The normalized spacial score (nSPS) is 34.8. The summed E-state index contributed by atoms with van der Waals surface area (Å²) in [5.74, 6) is 0.983. The Morgan fingerprint density at radius 2 is 2.00 bits per heavy atom. The highest BCUT2D eigenvalue weighted by atomic mass is 127. The number of methoxy groups -OCH3 is 1. The molecule has 1 rings (SSSR count). The van der Waals surface area contributed by atoms with Gasteiger partial charge in [0.2, 0.25) is 0 Å². The van der Waals surface area contributed by atoms with E-state index in [0.29, 0.717) is 0 Å². The predicted molar refractivity (Wildman–Crippen MR) is 65.5 cm³/mol. The van der Waals surface area contributed by atoms with Crippen LogP contribution in [0.25, 0.3) is 0 Å². The summed E-state index contributed by atoms with van der Waals surface area (Å²) in [6.45, 7) is 2.29. The Morgan fingerprint density at radius 3 is 2.38 bits per heavy atom. The van der Waals surface area contributed by atoms with Crippen LogP contribution in [0, 0.1) is 5.92 Å². The van der Waals surface area contributed by atoms with E-state index < -0.39 is 0 Å². The zero-order valence-corrected chi connectivity index (χ0v) is 11.0. The lowest BCUT2D eigenvalue weighted by molar-refractivity contribution is -0.0281. The number of rotatable bonds is 4. The zero-order chi connectivity index (χ0) is 9.73. The second kappa shape index (κ2) is 5.54. The van der Waals surface area contributed by atoms with E-state index >= 15 is 0 Å². The average Bonchev–Trinajstić information content (AvgIpc) is 2.20. The standard InChI is InChI=1S/C11H21IO/c1-3-4-10-5-7-11(9-12,13-2)8-6-10/h10H,3-9H2,1-2H3. The Bertz CT molecular complexity index is 133. The Balaban J connectivity index is 2.36. The maximum atomic E-state index is 5.65. The summed E-state index contributed by atoms with van der Waals surface area (Å²) in [7, 11) is 1.87. The summed E-state index contributed by atoms with van der Waals surface area (Å²) < 4.78 is 6.80. The SMILES string of the molecule is CCCC1CCC(CI)(OC)CC1. The molecule has 2 heteroatoms. The first kappa shape index (κ1) is 11.8. The molecule has 1 aliphatic carbocycles. The molecule has 0 aromatic carbocycles. The van der Waals surface area contributed by atoms with Gasteiger partial charge in [0.05, 0.1) is 5.60 Å². The molecule has 0 N–H and O–H groups in total. The van der Waals surface area contributed by atoms with Gasteiger partial charge in [-0.1, -0.05) is 42.4 Å². The van der Waals surface area contributed by atoms with E-state index in [4.69, 9.17) is 4.74 Å². The molecule has 0 aliphatic heterocycles. The van der Waals surface area contributed by atoms with E-state index in [1.807, 2.05) is 7.11 Å². The highest BCUT2D eigenvalue weighted by molar-refractivity contribution is 14.1. The summed E-state index contributed by atoms with van der Waals surface area (Å²) in [5, 5.41) is 0.